The molecule has 1 aromatic heterocycles. The van der Waals surface area contributed by atoms with Gasteiger partial charge >= 0.3 is 0 Å². The van der Waals surface area contributed by atoms with Crippen LogP contribution in [0.1, 0.15) is 24.0 Å². The molecule has 2 rings (SSSR count). The van der Waals surface area contributed by atoms with E-state index in [4.69, 9.17) is 5.73 Å². The second kappa shape index (κ2) is 3.61. The van der Waals surface area contributed by atoms with Crippen molar-refractivity contribution in [3.8, 4) is 0 Å². The minimum atomic E-state index is -0.204. The molecule has 0 spiro atoms. The van der Waals surface area contributed by atoms with Crippen molar-refractivity contribution in [1.29, 1.82) is 0 Å². The molecule has 3 N–H and O–H groups in total. The van der Waals surface area contributed by atoms with Crippen molar-refractivity contribution in [1.82, 2.24) is 10.3 Å². The van der Waals surface area contributed by atoms with E-state index < -0.39 is 0 Å². The number of nitrogens with zero attached hydrogens (tertiary/aromatic N) is 1. The maximum atomic E-state index is 6.45. The molecule has 4 heteroatoms. The molecule has 0 bridgehead atoms. The SMILES string of the molecule is Cc1csc(C2(N)CCNCC2C)n1. The molecular weight excluding hydrogens is 194 g/mol. The van der Waals surface area contributed by atoms with Crippen molar-refractivity contribution >= 4 is 11.3 Å². The second-order valence-corrected chi connectivity index (χ2v) is 5.05. The molecule has 0 radical (unpaired) electrons. The molecule has 1 aromatic rings. The third-order valence-electron chi connectivity index (χ3n) is 3.06. The fourth-order valence-electron chi connectivity index (χ4n) is 1.93. The van der Waals surface area contributed by atoms with Crippen LogP contribution >= 0.6 is 11.3 Å². The van der Waals surface area contributed by atoms with Gasteiger partial charge in [0.25, 0.3) is 0 Å². The third kappa shape index (κ3) is 1.58. The van der Waals surface area contributed by atoms with Crippen LogP contribution in [0.15, 0.2) is 5.38 Å². The lowest BCUT2D eigenvalue weighted by atomic mass is 9.81. The molecule has 1 aliphatic rings. The first-order chi connectivity index (χ1) is 6.63. The Bertz CT molecular complexity index is 323. The van der Waals surface area contributed by atoms with Crippen LogP contribution in [0.4, 0.5) is 0 Å². The summed E-state index contributed by atoms with van der Waals surface area (Å²) in [6.07, 6.45) is 0.987. The molecule has 1 saturated heterocycles. The number of aromatic nitrogens is 1. The number of piperidine rings is 1. The minimum absolute atomic E-state index is 0.204. The Hall–Kier alpha value is -0.450. The fourth-order valence-corrected chi connectivity index (χ4v) is 2.98. The van der Waals surface area contributed by atoms with Gasteiger partial charge in [0.1, 0.15) is 5.01 Å². The van der Waals surface area contributed by atoms with Gasteiger partial charge in [0, 0.05) is 11.1 Å². The Labute approximate surface area is 88.7 Å². The zero-order valence-corrected chi connectivity index (χ0v) is 9.53. The Morgan fingerprint density at radius 2 is 2.50 bits per heavy atom. The molecule has 14 heavy (non-hydrogen) atoms. The van der Waals surface area contributed by atoms with E-state index in [-0.39, 0.29) is 5.54 Å². The molecule has 78 valence electrons. The highest BCUT2D eigenvalue weighted by atomic mass is 32.1. The summed E-state index contributed by atoms with van der Waals surface area (Å²) in [4.78, 5) is 4.52. The van der Waals surface area contributed by atoms with Crippen molar-refractivity contribution in [2.45, 2.75) is 25.8 Å². The number of aryl methyl sites for hydroxylation is 1. The number of hydrogen-bond acceptors (Lipinski definition) is 4. The summed E-state index contributed by atoms with van der Waals surface area (Å²) in [5.41, 5.74) is 7.32. The smallest absolute Gasteiger partial charge is 0.113 e. The van der Waals surface area contributed by atoms with Crippen LogP contribution in [0, 0.1) is 12.8 Å². The van der Waals surface area contributed by atoms with Gasteiger partial charge in [-0.05, 0) is 32.4 Å². The number of nitrogens with one attached hydrogen (secondary N) is 1. The lowest BCUT2D eigenvalue weighted by Crippen LogP contribution is -2.52. The van der Waals surface area contributed by atoms with E-state index in [1.807, 2.05) is 6.92 Å². The highest BCUT2D eigenvalue weighted by Gasteiger charge is 2.38. The van der Waals surface area contributed by atoms with Crippen LogP contribution in [0.5, 0.6) is 0 Å². The average Bonchev–Trinajstić information content (AvgIpc) is 2.58. The molecule has 0 aromatic carbocycles. The third-order valence-corrected chi connectivity index (χ3v) is 4.22. The normalized spacial score (nSPS) is 33.2. The van der Waals surface area contributed by atoms with E-state index in [1.165, 1.54) is 0 Å². The number of rotatable bonds is 1. The maximum absolute atomic E-state index is 6.45. The summed E-state index contributed by atoms with van der Waals surface area (Å²) in [6, 6.07) is 0. The molecule has 2 atom stereocenters. The van der Waals surface area contributed by atoms with Crippen molar-refractivity contribution in [3.05, 3.63) is 16.1 Å². The van der Waals surface area contributed by atoms with E-state index >= 15 is 0 Å². The van der Waals surface area contributed by atoms with E-state index in [9.17, 15) is 0 Å². The fraction of sp³-hybridized carbons (Fsp3) is 0.700. The van der Waals surface area contributed by atoms with Gasteiger partial charge in [0.2, 0.25) is 0 Å². The van der Waals surface area contributed by atoms with E-state index in [2.05, 4.69) is 22.6 Å². The van der Waals surface area contributed by atoms with Gasteiger partial charge in [-0.1, -0.05) is 6.92 Å². The molecule has 3 nitrogen and oxygen atoms in total. The Morgan fingerprint density at radius 3 is 3.07 bits per heavy atom. The van der Waals surface area contributed by atoms with Crippen LogP contribution in [0.2, 0.25) is 0 Å². The van der Waals surface area contributed by atoms with Crippen LogP contribution in [0.3, 0.4) is 0 Å². The topological polar surface area (TPSA) is 50.9 Å². The molecule has 0 aliphatic carbocycles. The van der Waals surface area contributed by atoms with Crippen molar-refractivity contribution in [2.24, 2.45) is 11.7 Å². The molecule has 1 aliphatic heterocycles. The van der Waals surface area contributed by atoms with Gasteiger partial charge in [-0.25, -0.2) is 4.98 Å². The van der Waals surface area contributed by atoms with Crippen LogP contribution in [0.25, 0.3) is 0 Å². The second-order valence-electron chi connectivity index (χ2n) is 4.19. The first kappa shape index (κ1) is 10.1. The molecule has 1 fully saturated rings. The summed E-state index contributed by atoms with van der Waals surface area (Å²) < 4.78 is 0. The van der Waals surface area contributed by atoms with Crippen molar-refractivity contribution in [2.75, 3.05) is 13.1 Å². The summed E-state index contributed by atoms with van der Waals surface area (Å²) in [6.45, 7) is 6.21. The predicted molar refractivity (Wildman–Crippen MR) is 59.4 cm³/mol. The van der Waals surface area contributed by atoms with Gasteiger partial charge in [0.15, 0.2) is 0 Å². The molecule has 0 saturated carbocycles. The van der Waals surface area contributed by atoms with Crippen LogP contribution in [-0.4, -0.2) is 18.1 Å². The average molecular weight is 211 g/mol. The number of nitrogens with two attached hydrogens (primary N) is 1. The summed E-state index contributed by atoms with van der Waals surface area (Å²) in [5, 5.41) is 6.55. The first-order valence-corrected chi connectivity index (χ1v) is 5.93. The molecule has 0 amide bonds. The number of thiazole rings is 1. The monoisotopic (exact) mass is 211 g/mol. The van der Waals surface area contributed by atoms with Gasteiger partial charge in [-0.3, -0.25) is 0 Å². The Morgan fingerprint density at radius 1 is 1.71 bits per heavy atom. The highest BCUT2D eigenvalue weighted by Crippen LogP contribution is 2.34. The summed E-state index contributed by atoms with van der Waals surface area (Å²) >= 11 is 1.69. The quantitative estimate of drug-likeness (QED) is 0.734. The van der Waals surface area contributed by atoms with Gasteiger partial charge in [-0.15, -0.1) is 11.3 Å². The van der Waals surface area contributed by atoms with Crippen molar-refractivity contribution < 1.29 is 0 Å². The maximum Gasteiger partial charge on any atom is 0.113 e. The Kier molecular flexibility index (Phi) is 2.60. The van der Waals surface area contributed by atoms with Gasteiger partial charge < -0.3 is 11.1 Å². The zero-order chi connectivity index (χ0) is 10.2. The van der Waals surface area contributed by atoms with E-state index in [1.54, 1.807) is 11.3 Å². The molecular formula is C10H17N3S. The summed E-state index contributed by atoms with van der Waals surface area (Å²) in [7, 11) is 0. The largest absolute Gasteiger partial charge is 0.319 e. The standard InChI is InChI=1S/C10H17N3S/c1-7-5-12-4-3-10(7,11)9-13-8(2)6-14-9/h6-7,12H,3-5,11H2,1-2H3. The molecule has 2 heterocycles. The highest BCUT2D eigenvalue weighted by molar-refractivity contribution is 7.09. The lowest BCUT2D eigenvalue weighted by molar-refractivity contribution is 0.222. The summed E-state index contributed by atoms with van der Waals surface area (Å²) in [5.74, 6) is 0.460. The minimum Gasteiger partial charge on any atom is -0.319 e. The zero-order valence-electron chi connectivity index (χ0n) is 8.71. The van der Waals surface area contributed by atoms with Crippen LogP contribution < -0.4 is 11.1 Å². The first-order valence-electron chi connectivity index (χ1n) is 5.05. The van der Waals surface area contributed by atoms with Gasteiger partial charge in [0.05, 0.1) is 5.54 Å². The lowest BCUT2D eigenvalue weighted by Gasteiger charge is -2.38. The predicted octanol–water partition coefficient (Wildman–Crippen LogP) is 1.23. The molecule has 2 unspecified atom stereocenters. The number of hydrogen-bond donors (Lipinski definition) is 2. The van der Waals surface area contributed by atoms with E-state index in [0.29, 0.717) is 5.92 Å². The van der Waals surface area contributed by atoms with Crippen molar-refractivity contribution in [3.63, 3.8) is 0 Å². The van der Waals surface area contributed by atoms with Gasteiger partial charge in [-0.2, -0.15) is 0 Å². The Balaban J connectivity index is 2.29. The van der Waals surface area contributed by atoms with Crippen LogP contribution in [-0.2, 0) is 5.54 Å². The van der Waals surface area contributed by atoms with E-state index in [0.717, 1.165) is 30.2 Å².